The van der Waals surface area contributed by atoms with E-state index in [4.69, 9.17) is 16.3 Å². The standard InChI is InChI=1S/C19H22ClN3O4/c1-6-27-19(26)15-10(2)16(21-11(15)3)17(24)22-12-7-8-13(14(20)9-12)18(25)23(4)5/h7-9,21H,6H2,1-5H3,(H,22,24). The maximum Gasteiger partial charge on any atom is 0.340 e. The fraction of sp³-hybridized carbons (Fsp3) is 0.316. The Morgan fingerprint density at radius 1 is 1.22 bits per heavy atom. The van der Waals surface area contributed by atoms with Crippen molar-refractivity contribution in [2.24, 2.45) is 0 Å². The van der Waals surface area contributed by atoms with E-state index in [1.54, 1.807) is 47.0 Å². The van der Waals surface area contributed by atoms with E-state index in [0.29, 0.717) is 28.1 Å². The van der Waals surface area contributed by atoms with Crippen molar-refractivity contribution in [2.45, 2.75) is 20.8 Å². The summed E-state index contributed by atoms with van der Waals surface area (Å²) in [7, 11) is 3.26. The lowest BCUT2D eigenvalue weighted by Gasteiger charge is -2.12. The number of nitrogens with zero attached hydrogens (tertiary/aromatic N) is 1. The fourth-order valence-corrected chi connectivity index (χ4v) is 2.95. The van der Waals surface area contributed by atoms with Gasteiger partial charge >= 0.3 is 5.97 Å². The molecule has 1 aromatic heterocycles. The van der Waals surface area contributed by atoms with E-state index in [-0.39, 0.29) is 23.2 Å². The van der Waals surface area contributed by atoms with Crippen LogP contribution in [0.3, 0.4) is 0 Å². The lowest BCUT2D eigenvalue weighted by atomic mass is 10.1. The van der Waals surface area contributed by atoms with Crippen molar-refractivity contribution < 1.29 is 19.1 Å². The van der Waals surface area contributed by atoms with Gasteiger partial charge in [0.1, 0.15) is 5.69 Å². The van der Waals surface area contributed by atoms with E-state index in [1.165, 1.54) is 11.0 Å². The van der Waals surface area contributed by atoms with Gasteiger partial charge in [0.15, 0.2) is 0 Å². The highest BCUT2D eigenvalue weighted by molar-refractivity contribution is 6.34. The molecule has 0 aliphatic rings. The Hall–Kier alpha value is -2.80. The summed E-state index contributed by atoms with van der Waals surface area (Å²) in [5, 5.41) is 2.95. The molecule has 1 aromatic carbocycles. The predicted octanol–water partition coefficient (Wildman–Crippen LogP) is 3.42. The summed E-state index contributed by atoms with van der Waals surface area (Å²) in [6.45, 7) is 5.35. The molecule has 1 heterocycles. The monoisotopic (exact) mass is 391 g/mol. The molecule has 0 spiro atoms. The van der Waals surface area contributed by atoms with Crippen LogP contribution >= 0.6 is 11.6 Å². The lowest BCUT2D eigenvalue weighted by Crippen LogP contribution is -2.22. The van der Waals surface area contributed by atoms with Crippen LogP contribution < -0.4 is 5.32 Å². The van der Waals surface area contributed by atoms with E-state index >= 15 is 0 Å². The van der Waals surface area contributed by atoms with Crippen molar-refractivity contribution in [2.75, 3.05) is 26.0 Å². The van der Waals surface area contributed by atoms with Gasteiger partial charge in [0.05, 0.1) is 22.8 Å². The first-order valence-corrected chi connectivity index (χ1v) is 8.74. The van der Waals surface area contributed by atoms with Gasteiger partial charge < -0.3 is 19.9 Å². The molecule has 0 aliphatic heterocycles. The minimum absolute atomic E-state index is 0.229. The van der Waals surface area contributed by atoms with Crippen molar-refractivity contribution in [3.8, 4) is 0 Å². The van der Waals surface area contributed by atoms with Crippen molar-refractivity contribution in [3.63, 3.8) is 0 Å². The second-order valence-electron chi connectivity index (χ2n) is 6.19. The molecule has 0 fully saturated rings. The second kappa shape index (κ2) is 8.26. The van der Waals surface area contributed by atoms with Crippen LogP contribution in [0.25, 0.3) is 0 Å². The third kappa shape index (κ3) is 4.31. The third-order valence-electron chi connectivity index (χ3n) is 4.01. The van der Waals surface area contributed by atoms with Gasteiger partial charge in [-0.3, -0.25) is 9.59 Å². The average Bonchev–Trinajstić information content (AvgIpc) is 2.89. The Balaban J connectivity index is 2.26. The highest BCUT2D eigenvalue weighted by Crippen LogP contribution is 2.24. The molecule has 0 atom stereocenters. The van der Waals surface area contributed by atoms with Crippen LogP contribution in [0.5, 0.6) is 0 Å². The number of ether oxygens (including phenoxy) is 1. The number of rotatable bonds is 5. The van der Waals surface area contributed by atoms with Gasteiger partial charge in [0, 0.05) is 25.5 Å². The summed E-state index contributed by atoms with van der Waals surface area (Å²) in [5.74, 6) is -1.13. The molecule has 0 saturated carbocycles. The van der Waals surface area contributed by atoms with Crippen molar-refractivity contribution in [3.05, 3.63) is 51.3 Å². The quantitative estimate of drug-likeness (QED) is 0.764. The van der Waals surface area contributed by atoms with Crippen molar-refractivity contribution in [1.82, 2.24) is 9.88 Å². The largest absolute Gasteiger partial charge is 0.462 e. The molecule has 27 heavy (non-hydrogen) atoms. The first-order chi connectivity index (χ1) is 12.7. The molecule has 2 rings (SSSR count). The van der Waals surface area contributed by atoms with Crippen molar-refractivity contribution >= 4 is 35.1 Å². The normalized spacial score (nSPS) is 10.4. The number of hydrogen-bond acceptors (Lipinski definition) is 4. The number of H-pyrrole nitrogens is 1. The highest BCUT2D eigenvalue weighted by atomic mass is 35.5. The Kier molecular flexibility index (Phi) is 6.28. The minimum Gasteiger partial charge on any atom is -0.462 e. The molecule has 0 aliphatic carbocycles. The summed E-state index contributed by atoms with van der Waals surface area (Å²) in [5.41, 5.74) is 2.46. The van der Waals surface area contributed by atoms with E-state index < -0.39 is 11.9 Å². The van der Waals surface area contributed by atoms with E-state index in [2.05, 4.69) is 10.3 Å². The van der Waals surface area contributed by atoms with Crippen LogP contribution in [-0.4, -0.2) is 48.4 Å². The summed E-state index contributed by atoms with van der Waals surface area (Å²) >= 11 is 6.17. The number of esters is 1. The van der Waals surface area contributed by atoms with Gasteiger partial charge in [0.2, 0.25) is 0 Å². The number of carbonyl (C=O) groups is 3. The molecule has 0 bridgehead atoms. The van der Waals surface area contributed by atoms with Crippen LogP contribution in [0.15, 0.2) is 18.2 Å². The molecule has 0 saturated heterocycles. The zero-order valence-corrected chi connectivity index (χ0v) is 16.7. The number of anilines is 1. The smallest absolute Gasteiger partial charge is 0.340 e. The van der Waals surface area contributed by atoms with Gasteiger partial charge in [-0.05, 0) is 44.5 Å². The Bertz CT molecular complexity index is 903. The Morgan fingerprint density at radius 3 is 2.44 bits per heavy atom. The SMILES string of the molecule is CCOC(=O)c1c(C)[nH]c(C(=O)Nc2ccc(C(=O)N(C)C)c(Cl)c2)c1C. The summed E-state index contributed by atoms with van der Waals surface area (Å²) in [6, 6.07) is 4.66. The molecular formula is C19H22ClN3O4. The summed E-state index contributed by atoms with van der Waals surface area (Å²) in [6.07, 6.45) is 0. The Labute approximate surface area is 162 Å². The van der Waals surface area contributed by atoms with E-state index in [1.807, 2.05) is 0 Å². The molecule has 8 heteroatoms. The topological polar surface area (TPSA) is 91.5 Å². The number of amides is 2. The number of aromatic amines is 1. The van der Waals surface area contributed by atoms with Crippen LogP contribution in [0, 0.1) is 13.8 Å². The molecule has 2 N–H and O–H groups in total. The molecule has 2 aromatic rings. The van der Waals surface area contributed by atoms with Gasteiger partial charge in [-0.25, -0.2) is 4.79 Å². The Morgan fingerprint density at radius 2 is 1.89 bits per heavy atom. The van der Waals surface area contributed by atoms with Crippen LogP contribution in [0.1, 0.15) is 49.4 Å². The molecule has 0 radical (unpaired) electrons. The summed E-state index contributed by atoms with van der Waals surface area (Å²) in [4.78, 5) is 41.0. The molecule has 2 amide bonds. The van der Waals surface area contributed by atoms with Crippen molar-refractivity contribution in [1.29, 1.82) is 0 Å². The number of hydrogen-bond donors (Lipinski definition) is 2. The molecule has 0 unspecified atom stereocenters. The summed E-state index contributed by atoms with van der Waals surface area (Å²) < 4.78 is 5.03. The maximum atomic E-state index is 12.6. The second-order valence-corrected chi connectivity index (χ2v) is 6.60. The number of halogens is 1. The first-order valence-electron chi connectivity index (χ1n) is 8.36. The van der Waals surface area contributed by atoms with Crippen LogP contribution in [0.4, 0.5) is 5.69 Å². The maximum absolute atomic E-state index is 12.6. The minimum atomic E-state index is -0.475. The fourth-order valence-electron chi connectivity index (χ4n) is 2.69. The molecule has 7 nitrogen and oxygen atoms in total. The number of aromatic nitrogens is 1. The average molecular weight is 392 g/mol. The van der Waals surface area contributed by atoms with Gasteiger partial charge in [-0.1, -0.05) is 11.6 Å². The van der Waals surface area contributed by atoms with E-state index in [0.717, 1.165) is 0 Å². The lowest BCUT2D eigenvalue weighted by molar-refractivity contribution is 0.0524. The number of aryl methyl sites for hydroxylation is 1. The number of nitrogens with one attached hydrogen (secondary N) is 2. The molecule has 144 valence electrons. The first kappa shape index (κ1) is 20.5. The van der Waals surface area contributed by atoms with Gasteiger partial charge in [-0.15, -0.1) is 0 Å². The third-order valence-corrected chi connectivity index (χ3v) is 4.32. The van der Waals surface area contributed by atoms with Gasteiger partial charge in [-0.2, -0.15) is 0 Å². The van der Waals surface area contributed by atoms with Crippen LogP contribution in [-0.2, 0) is 4.74 Å². The number of carbonyl (C=O) groups excluding carboxylic acids is 3. The van der Waals surface area contributed by atoms with E-state index in [9.17, 15) is 14.4 Å². The van der Waals surface area contributed by atoms with Crippen LogP contribution in [0.2, 0.25) is 5.02 Å². The zero-order valence-electron chi connectivity index (χ0n) is 15.9. The predicted molar refractivity (Wildman–Crippen MR) is 104 cm³/mol. The highest BCUT2D eigenvalue weighted by Gasteiger charge is 2.23. The zero-order chi connectivity index (χ0) is 20.3. The molecular weight excluding hydrogens is 370 g/mol. The van der Waals surface area contributed by atoms with Gasteiger partial charge in [0.25, 0.3) is 11.8 Å². The number of benzene rings is 1.